The Hall–Kier alpha value is -3.25. The number of fused-ring (bicyclic) bond motifs is 1. The minimum absolute atomic E-state index is 0.138. The molecular formula is C28H27BrN2O3. The van der Waals surface area contributed by atoms with Crippen LogP contribution < -0.4 is 20.1 Å². The highest BCUT2D eigenvalue weighted by Crippen LogP contribution is 2.47. The van der Waals surface area contributed by atoms with E-state index in [2.05, 4.69) is 57.8 Å². The van der Waals surface area contributed by atoms with Gasteiger partial charge in [0.1, 0.15) is 0 Å². The van der Waals surface area contributed by atoms with Crippen molar-refractivity contribution in [3.05, 3.63) is 93.1 Å². The molecule has 0 aromatic heterocycles. The standard InChI is InChI=1S/C28H27BrN2O3/c1-16-8-10-17(11-9-16)18-12-23-27(24(32)13-18)28(31-22-7-5-4-6-21(22)30-23)19-14-25(33-2)26(34-3)15-20(19)29/h4-11,14-15,18,28,30-31H,12-13H2,1-3H3. The summed E-state index contributed by atoms with van der Waals surface area (Å²) in [6.45, 7) is 2.08. The van der Waals surface area contributed by atoms with Gasteiger partial charge in [0, 0.05) is 22.2 Å². The average Bonchev–Trinajstić information content (AvgIpc) is 3.01. The fourth-order valence-corrected chi connectivity index (χ4v) is 5.44. The summed E-state index contributed by atoms with van der Waals surface area (Å²) in [5.41, 5.74) is 6.98. The largest absolute Gasteiger partial charge is 0.493 e. The van der Waals surface area contributed by atoms with Crippen molar-refractivity contribution >= 4 is 33.1 Å². The van der Waals surface area contributed by atoms with Crippen LogP contribution in [0.1, 0.15) is 41.5 Å². The molecule has 6 heteroatoms. The van der Waals surface area contributed by atoms with Crippen LogP contribution in [-0.4, -0.2) is 20.0 Å². The van der Waals surface area contributed by atoms with E-state index in [1.807, 2.05) is 36.4 Å². The Balaban J connectivity index is 1.64. The van der Waals surface area contributed by atoms with Crippen molar-refractivity contribution in [3.63, 3.8) is 0 Å². The van der Waals surface area contributed by atoms with Crippen molar-refractivity contribution in [2.75, 3.05) is 24.9 Å². The average molecular weight is 519 g/mol. The number of hydrogen-bond donors (Lipinski definition) is 2. The maximum absolute atomic E-state index is 13.7. The molecule has 5 nitrogen and oxygen atoms in total. The van der Waals surface area contributed by atoms with E-state index < -0.39 is 0 Å². The first kappa shape index (κ1) is 22.5. The zero-order valence-electron chi connectivity index (χ0n) is 19.4. The Morgan fingerprint density at radius 2 is 1.59 bits per heavy atom. The molecule has 0 bridgehead atoms. The summed E-state index contributed by atoms with van der Waals surface area (Å²) in [5.74, 6) is 1.54. The van der Waals surface area contributed by atoms with Crippen LogP contribution in [0.15, 0.2) is 76.4 Å². The molecule has 3 aromatic carbocycles. The van der Waals surface area contributed by atoms with Gasteiger partial charge in [-0.25, -0.2) is 0 Å². The number of rotatable bonds is 4. The number of ether oxygens (including phenoxy) is 2. The highest BCUT2D eigenvalue weighted by molar-refractivity contribution is 9.10. The third kappa shape index (κ3) is 4.07. The lowest BCUT2D eigenvalue weighted by molar-refractivity contribution is -0.116. The van der Waals surface area contributed by atoms with E-state index in [9.17, 15) is 4.79 Å². The van der Waals surface area contributed by atoms with Crippen LogP contribution in [0.2, 0.25) is 0 Å². The second-order valence-electron chi connectivity index (χ2n) is 8.81. The number of aryl methyl sites for hydroxylation is 1. The molecule has 2 aliphatic rings. The van der Waals surface area contributed by atoms with E-state index in [1.54, 1.807) is 14.2 Å². The summed E-state index contributed by atoms with van der Waals surface area (Å²) >= 11 is 3.71. The highest BCUT2D eigenvalue weighted by Gasteiger charge is 2.37. The van der Waals surface area contributed by atoms with Gasteiger partial charge >= 0.3 is 0 Å². The van der Waals surface area contributed by atoms with Crippen LogP contribution in [0.5, 0.6) is 11.5 Å². The molecule has 0 spiro atoms. The van der Waals surface area contributed by atoms with E-state index in [4.69, 9.17) is 9.47 Å². The van der Waals surface area contributed by atoms with Gasteiger partial charge in [-0.15, -0.1) is 0 Å². The quantitative estimate of drug-likeness (QED) is 0.399. The number of anilines is 2. The first-order valence-corrected chi connectivity index (χ1v) is 12.1. The van der Waals surface area contributed by atoms with Crippen molar-refractivity contribution in [2.45, 2.75) is 31.7 Å². The molecular weight excluding hydrogens is 492 g/mol. The number of ketones is 1. The van der Waals surface area contributed by atoms with Gasteiger partial charge in [-0.3, -0.25) is 4.79 Å². The summed E-state index contributed by atoms with van der Waals surface area (Å²) in [6, 6.07) is 20.1. The van der Waals surface area contributed by atoms with Gasteiger partial charge in [0.15, 0.2) is 17.3 Å². The van der Waals surface area contributed by atoms with E-state index in [0.29, 0.717) is 17.9 Å². The molecule has 0 radical (unpaired) electrons. The van der Waals surface area contributed by atoms with Gasteiger partial charge in [-0.1, -0.05) is 57.9 Å². The second kappa shape index (κ2) is 9.18. The number of benzene rings is 3. The molecule has 2 N–H and O–H groups in total. The monoisotopic (exact) mass is 518 g/mol. The number of carbonyl (C=O) groups excluding carboxylic acids is 1. The number of methoxy groups -OCH3 is 2. The lowest BCUT2D eigenvalue weighted by Gasteiger charge is -2.30. The summed E-state index contributed by atoms with van der Waals surface area (Å²) < 4.78 is 11.9. The van der Waals surface area contributed by atoms with Crippen molar-refractivity contribution < 1.29 is 14.3 Å². The molecule has 5 rings (SSSR count). The third-order valence-electron chi connectivity index (χ3n) is 6.67. The zero-order chi connectivity index (χ0) is 23.8. The molecule has 3 aromatic rings. The van der Waals surface area contributed by atoms with Crippen molar-refractivity contribution in [2.24, 2.45) is 0 Å². The Morgan fingerprint density at radius 3 is 2.29 bits per heavy atom. The summed E-state index contributed by atoms with van der Waals surface area (Å²) in [6.07, 6.45) is 1.24. The first-order valence-electron chi connectivity index (χ1n) is 11.3. The Labute approximate surface area is 208 Å². The molecule has 34 heavy (non-hydrogen) atoms. The second-order valence-corrected chi connectivity index (χ2v) is 9.66. The molecule has 174 valence electrons. The number of halogens is 1. The van der Waals surface area contributed by atoms with Crippen LogP contribution in [0.4, 0.5) is 11.4 Å². The topological polar surface area (TPSA) is 59.6 Å². The summed E-state index contributed by atoms with van der Waals surface area (Å²) in [4.78, 5) is 13.7. The van der Waals surface area contributed by atoms with Crippen molar-refractivity contribution in [3.8, 4) is 11.5 Å². The predicted octanol–water partition coefficient (Wildman–Crippen LogP) is 6.75. The Bertz CT molecular complexity index is 1280. The van der Waals surface area contributed by atoms with Crippen LogP contribution in [0.3, 0.4) is 0 Å². The predicted molar refractivity (Wildman–Crippen MR) is 139 cm³/mol. The molecule has 1 aliphatic heterocycles. The number of carbonyl (C=O) groups is 1. The van der Waals surface area contributed by atoms with Crippen LogP contribution in [0.25, 0.3) is 0 Å². The van der Waals surface area contributed by atoms with Gasteiger partial charge in [0.25, 0.3) is 0 Å². The number of para-hydroxylation sites is 2. The minimum Gasteiger partial charge on any atom is -0.493 e. The lowest BCUT2D eigenvalue weighted by atomic mass is 9.78. The molecule has 1 heterocycles. The molecule has 0 amide bonds. The number of hydrogen-bond acceptors (Lipinski definition) is 5. The third-order valence-corrected chi connectivity index (χ3v) is 7.36. The SMILES string of the molecule is COc1cc(Br)c(C2Nc3ccccc3NC3=C2C(=O)CC(c2ccc(C)cc2)C3)cc1OC. The normalized spacial score (nSPS) is 19.4. The van der Waals surface area contributed by atoms with Gasteiger partial charge in [0.2, 0.25) is 0 Å². The van der Waals surface area contributed by atoms with Gasteiger partial charge in [0.05, 0.1) is 31.6 Å². The van der Waals surface area contributed by atoms with E-state index >= 15 is 0 Å². The fraction of sp³-hybridized carbons (Fsp3) is 0.250. The van der Waals surface area contributed by atoms with Crippen molar-refractivity contribution in [1.82, 2.24) is 0 Å². The van der Waals surface area contributed by atoms with E-state index in [1.165, 1.54) is 11.1 Å². The lowest BCUT2D eigenvalue weighted by Crippen LogP contribution is -2.27. The van der Waals surface area contributed by atoms with Crippen LogP contribution in [-0.2, 0) is 4.79 Å². The maximum Gasteiger partial charge on any atom is 0.163 e. The Kier molecular flexibility index (Phi) is 6.09. The molecule has 0 saturated carbocycles. The van der Waals surface area contributed by atoms with Crippen LogP contribution >= 0.6 is 15.9 Å². The van der Waals surface area contributed by atoms with E-state index in [-0.39, 0.29) is 17.7 Å². The first-order chi connectivity index (χ1) is 16.5. The Morgan fingerprint density at radius 1 is 0.912 bits per heavy atom. The molecule has 0 saturated heterocycles. The minimum atomic E-state index is -0.341. The molecule has 2 atom stereocenters. The van der Waals surface area contributed by atoms with E-state index in [0.717, 1.165) is 39.1 Å². The van der Waals surface area contributed by atoms with Crippen molar-refractivity contribution in [1.29, 1.82) is 0 Å². The van der Waals surface area contributed by atoms with Crippen LogP contribution in [0, 0.1) is 6.92 Å². The number of Topliss-reactive ketones (excluding diaryl/α,β-unsaturated/α-hetero) is 1. The zero-order valence-corrected chi connectivity index (χ0v) is 21.0. The summed E-state index contributed by atoms with van der Waals surface area (Å²) in [5, 5.41) is 7.23. The summed E-state index contributed by atoms with van der Waals surface area (Å²) in [7, 11) is 3.24. The highest BCUT2D eigenvalue weighted by atomic mass is 79.9. The molecule has 1 aliphatic carbocycles. The van der Waals surface area contributed by atoms with Gasteiger partial charge < -0.3 is 20.1 Å². The number of allylic oxidation sites excluding steroid dienone is 1. The van der Waals surface area contributed by atoms with Gasteiger partial charge in [-0.2, -0.15) is 0 Å². The molecule has 0 fully saturated rings. The number of nitrogens with one attached hydrogen (secondary N) is 2. The van der Waals surface area contributed by atoms with Gasteiger partial charge in [-0.05, 0) is 54.7 Å². The molecule has 2 unspecified atom stereocenters. The fourth-order valence-electron chi connectivity index (χ4n) is 4.89. The smallest absolute Gasteiger partial charge is 0.163 e. The maximum atomic E-state index is 13.7.